The van der Waals surface area contributed by atoms with Gasteiger partial charge >= 0.3 is 0 Å². The Morgan fingerprint density at radius 3 is 2.45 bits per heavy atom. The molecule has 1 aliphatic rings. The molecule has 0 aromatic rings. The van der Waals surface area contributed by atoms with Crippen LogP contribution >= 0.6 is 0 Å². The van der Waals surface area contributed by atoms with Crippen molar-refractivity contribution in [3.63, 3.8) is 0 Å². The Bertz CT molecular complexity index is 312. The number of hydrogen-bond acceptors (Lipinski definition) is 3. The molecular weight excluding hydrogens is 254 g/mol. The zero-order chi connectivity index (χ0) is 15.0. The number of amides is 2. The Morgan fingerprint density at radius 1 is 1.25 bits per heavy atom. The first-order valence-electron chi connectivity index (χ1n) is 7.87. The molecule has 0 radical (unpaired) electrons. The number of likely N-dealkylation sites (tertiary alicyclic amines) is 1. The van der Waals surface area contributed by atoms with Crippen molar-refractivity contribution in [3.05, 3.63) is 0 Å². The fourth-order valence-electron chi connectivity index (χ4n) is 2.61. The lowest BCUT2D eigenvalue weighted by Crippen LogP contribution is -2.47. The van der Waals surface area contributed by atoms with Crippen molar-refractivity contribution in [1.82, 2.24) is 15.5 Å². The normalized spacial score (nSPS) is 17.9. The first-order chi connectivity index (χ1) is 9.56. The molecule has 1 unspecified atom stereocenters. The number of hydrogen-bond donors (Lipinski definition) is 2. The van der Waals surface area contributed by atoms with Crippen LogP contribution in [0.15, 0.2) is 0 Å². The first-order valence-corrected chi connectivity index (χ1v) is 7.87. The Kier molecular flexibility index (Phi) is 7.59. The molecule has 2 amide bonds. The Hall–Kier alpha value is -1.10. The molecule has 1 atom stereocenters. The summed E-state index contributed by atoms with van der Waals surface area (Å²) in [7, 11) is 0. The summed E-state index contributed by atoms with van der Waals surface area (Å²) in [5, 5.41) is 6.31. The van der Waals surface area contributed by atoms with Crippen LogP contribution in [0.25, 0.3) is 0 Å². The second-order valence-corrected chi connectivity index (χ2v) is 5.64. The molecule has 116 valence electrons. The molecule has 5 nitrogen and oxygen atoms in total. The Balaban J connectivity index is 2.27. The number of nitrogens with zero attached hydrogens (tertiary/aromatic N) is 1. The summed E-state index contributed by atoms with van der Waals surface area (Å²) in [6.45, 7) is 8.50. The highest BCUT2D eigenvalue weighted by Gasteiger charge is 2.24. The standard InChI is InChI=1S/C15H29N3O2/c1-4-6-14(19)17-13-7-9-18(10-8-13)15(20)11-12(3)16-5-2/h12-13,16H,4-11H2,1-3H3,(H,17,19). The lowest BCUT2D eigenvalue weighted by atomic mass is 10.0. The van der Waals surface area contributed by atoms with E-state index in [0.29, 0.717) is 12.8 Å². The third kappa shape index (κ3) is 5.90. The smallest absolute Gasteiger partial charge is 0.224 e. The molecular formula is C15H29N3O2. The van der Waals surface area contributed by atoms with E-state index in [9.17, 15) is 9.59 Å². The summed E-state index contributed by atoms with van der Waals surface area (Å²) in [6.07, 6.45) is 3.78. The van der Waals surface area contributed by atoms with Crippen LogP contribution in [-0.4, -0.2) is 48.4 Å². The molecule has 0 bridgehead atoms. The van der Waals surface area contributed by atoms with E-state index in [1.807, 2.05) is 25.7 Å². The molecule has 2 N–H and O–H groups in total. The van der Waals surface area contributed by atoms with Crippen LogP contribution in [-0.2, 0) is 9.59 Å². The van der Waals surface area contributed by atoms with Gasteiger partial charge in [0.15, 0.2) is 0 Å². The van der Waals surface area contributed by atoms with Crippen molar-refractivity contribution in [2.45, 2.75) is 65.0 Å². The van der Waals surface area contributed by atoms with Gasteiger partial charge in [-0.2, -0.15) is 0 Å². The van der Waals surface area contributed by atoms with Crippen LogP contribution < -0.4 is 10.6 Å². The monoisotopic (exact) mass is 283 g/mol. The molecule has 1 fully saturated rings. The summed E-state index contributed by atoms with van der Waals surface area (Å²) in [6, 6.07) is 0.471. The van der Waals surface area contributed by atoms with Crippen LogP contribution in [0.4, 0.5) is 0 Å². The number of nitrogens with one attached hydrogen (secondary N) is 2. The van der Waals surface area contributed by atoms with Crippen LogP contribution in [0.5, 0.6) is 0 Å². The average Bonchev–Trinajstić information content (AvgIpc) is 2.39. The van der Waals surface area contributed by atoms with E-state index in [-0.39, 0.29) is 23.9 Å². The van der Waals surface area contributed by atoms with Gasteiger partial charge in [-0.1, -0.05) is 13.8 Å². The van der Waals surface area contributed by atoms with Gasteiger partial charge in [0.2, 0.25) is 11.8 Å². The van der Waals surface area contributed by atoms with Crippen molar-refractivity contribution in [2.24, 2.45) is 0 Å². The van der Waals surface area contributed by atoms with Gasteiger partial charge in [0.05, 0.1) is 0 Å². The molecule has 20 heavy (non-hydrogen) atoms. The maximum Gasteiger partial charge on any atom is 0.224 e. The zero-order valence-corrected chi connectivity index (χ0v) is 13.1. The first kappa shape index (κ1) is 17.0. The third-order valence-corrected chi connectivity index (χ3v) is 3.72. The van der Waals surface area contributed by atoms with E-state index in [2.05, 4.69) is 10.6 Å². The molecule has 0 saturated carbocycles. The van der Waals surface area contributed by atoms with Crippen LogP contribution in [0.3, 0.4) is 0 Å². The van der Waals surface area contributed by atoms with Crippen LogP contribution in [0.2, 0.25) is 0 Å². The van der Waals surface area contributed by atoms with Gasteiger partial charge in [0, 0.05) is 38.0 Å². The highest BCUT2D eigenvalue weighted by molar-refractivity contribution is 5.77. The van der Waals surface area contributed by atoms with E-state index in [1.54, 1.807) is 0 Å². The Labute approximate surface area is 122 Å². The van der Waals surface area contributed by atoms with E-state index >= 15 is 0 Å². The van der Waals surface area contributed by atoms with Gasteiger partial charge in [0.25, 0.3) is 0 Å². The highest BCUT2D eigenvalue weighted by atomic mass is 16.2. The van der Waals surface area contributed by atoms with Crippen molar-refractivity contribution in [1.29, 1.82) is 0 Å². The predicted molar refractivity (Wildman–Crippen MR) is 80.4 cm³/mol. The van der Waals surface area contributed by atoms with Gasteiger partial charge in [-0.25, -0.2) is 0 Å². The van der Waals surface area contributed by atoms with Gasteiger partial charge in [0.1, 0.15) is 0 Å². The van der Waals surface area contributed by atoms with E-state index in [4.69, 9.17) is 0 Å². The number of piperidine rings is 1. The molecule has 1 aliphatic heterocycles. The maximum absolute atomic E-state index is 12.1. The van der Waals surface area contributed by atoms with Gasteiger partial charge in [-0.05, 0) is 32.7 Å². The largest absolute Gasteiger partial charge is 0.353 e. The molecule has 1 heterocycles. The lowest BCUT2D eigenvalue weighted by molar-refractivity contribution is -0.132. The minimum absolute atomic E-state index is 0.137. The fraction of sp³-hybridized carbons (Fsp3) is 0.867. The molecule has 0 aromatic heterocycles. The zero-order valence-electron chi connectivity index (χ0n) is 13.1. The number of carbonyl (C=O) groups excluding carboxylic acids is 2. The third-order valence-electron chi connectivity index (χ3n) is 3.72. The second kappa shape index (κ2) is 8.95. The van der Waals surface area contributed by atoms with Gasteiger partial charge in [-0.15, -0.1) is 0 Å². The summed E-state index contributed by atoms with van der Waals surface area (Å²) < 4.78 is 0. The Morgan fingerprint density at radius 2 is 1.90 bits per heavy atom. The highest BCUT2D eigenvalue weighted by Crippen LogP contribution is 2.12. The van der Waals surface area contributed by atoms with E-state index < -0.39 is 0 Å². The quantitative estimate of drug-likeness (QED) is 0.740. The fourth-order valence-corrected chi connectivity index (χ4v) is 2.61. The molecule has 0 aromatic carbocycles. The van der Waals surface area contributed by atoms with Crippen LogP contribution in [0.1, 0.15) is 52.9 Å². The minimum atomic E-state index is 0.137. The van der Waals surface area contributed by atoms with Crippen molar-refractivity contribution in [3.8, 4) is 0 Å². The molecule has 0 aliphatic carbocycles. The molecule has 1 saturated heterocycles. The van der Waals surface area contributed by atoms with Gasteiger partial charge in [-0.3, -0.25) is 9.59 Å². The molecule has 1 rings (SSSR count). The van der Waals surface area contributed by atoms with Crippen LogP contribution in [0, 0.1) is 0 Å². The lowest BCUT2D eigenvalue weighted by Gasteiger charge is -2.33. The van der Waals surface area contributed by atoms with E-state index in [1.165, 1.54) is 0 Å². The SMILES string of the molecule is CCCC(=O)NC1CCN(C(=O)CC(C)NCC)CC1. The maximum atomic E-state index is 12.1. The molecule has 5 heteroatoms. The summed E-state index contributed by atoms with van der Waals surface area (Å²) >= 11 is 0. The van der Waals surface area contributed by atoms with E-state index in [0.717, 1.165) is 38.9 Å². The summed E-state index contributed by atoms with van der Waals surface area (Å²) in [5.41, 5.74) is 0. The van der Waals surface area contributed by atoms with Crippen molar-refractivity contribution < 1.29 is 9.59 Å². The predicted octanol–water partition coefficient (Wildman–Crippen LogP) is 1.28. The summed E-state index contributed by atoms with van der Waals surface area (Å²) in [4.78, 5) is 25.6. The van der Waals surface area contributed by atoms with Gasteiger partial charge < -0.3 is 15.5 Å². The number of rotatable bonds is 7. The number of carbonyl (C=O) groups is 2. The average molecular weight is 283 g/mol. The minimum Gasteiger partial charge on any atom is -0.353 e. The van der Waals surface area contributed by atoms with Crippen molar-refractivity contribution in [2.75, 3.05) is 19.6 Å². The topological polar surface area (TPSA) is 61.4 Å². The molecule has 0 spiro atoms. The van der Waals surface area contributed by atoms with Crippen molar-refractivity contribution >= 4 is 11.8 Å². The summed E-state index contributed by atoms with van der Waals surface area (Å²) in [5.74, 6) is 0.356. The second-order valence-electron chi connectivity index (χ2n) is 5.64.